The van der Waals surface area contributed by atoms with E-state index >= 15 is 0 Å². The van der Waals surface area contributed by atoms with E-state index in [0.29, 0.717) is 5.92 Å². The van der Waals surface area contributed by atoms with E-state index < -0.39 is 0 Å². The van der Waals surface area contributed by atoms with Crippen molar-refractivity contribution >= 4 is 16.5 Å². The molecule has 20 heavy (non-hydrogen) atoms. The first-order valence-electron chi connectivity index (χ1n) is 7.53. The third-order valence-corrected chi connectivity index (χ3v) is 4.31. The van der Waals surface area contributed by atoms with E-state index in [1.807, 2.05) is 18.4 Å². The minimum absolute atomic E-state index is 0.487. The van der Waals surface area contributed by atoms with Gasteiger partial charge < -0.3 is 15.1 Å². The summed E-state index contributed by atoms with van der Waals surface area (Å²) in [5.74, 6) is 0.487. The predicted octanol–water partition coefficient (Wildman–Crippen LogP) is 2.76. The van der Waals surface area contributed by atoms with Crippen molar-refractivity contribution in [3.63, 3.8) is 0 Å². The van der Waals surface area contributed by atoms with Gasteiger partial charge in [-0.15, -0.1) is 11.3 Å². The molecule has 0 saturated carbocycles. The Balaban J connectivity index is 2.91. The zero-order chi connectivity index (χ0) is 15.1. The van der Waals surface area contributed by atoms with Crippen LogP contribution in [0.1, 0.15) is 43.7 Å². The molecule has 0 atom stereocenters. The van der Waals surface area contributed by atoms with Crippen molar-refractivity contribution in [2.45, 2.75) is 39.7 Å². The molecule has 1 aromatic rings. The smallest absolute Gasteiger partial charge is 0.185 e. The van der Waals surface area contributed by atoms with Gasteiger partial charge in [0.25, 0.3) is 0 Å². The molecule has 0 aliphatic carbocycles. The lowest BCUT2D eigenvalue weighted by molar-refractivity contribution is 0.413. The van der Waals surface area contributed by atoms with Gasteiger partial charge in [-0.3, -0.25) is 0 Å². The largest absolute Gasteiger partial charge is 0.347 e. The summed E-state index contributed by atoms with van der Waals surface area (Å²) in [4.78, 5) is 10.9. The fraction of sp³-hybridized carbons (Fsp3) is 0.800. The zero-order valence-electron chi connectivity index (χ0n) is 13.9. The second-order valence-electron chi connectivity index (χ2n) is 5.78. The number of hydrogen-bond donors (Lipinski definition) is 1. The van der Waals surface area contributed by atoms with Gasteiger partial charge in [-0.2, -0.15) is 0 Å². The van der Waals surface area contributed by atoms with Gasteiger partial charge in [-0.05, 0) is 33.5 Å². The van der Waals surface area contributed by atoms with Crippen molar-refractivity contribution in [1.82, 2.24) is 15.2 Å². The zero-order valence-corrected chi connectivity index (χ0v) is 14.7. The van der Waals surface area contributed by atoms with Gasteiger partial charge in [0.2, 0.25) is 0 Å². The Morgan fingerprint density at radius 1 is 1.20 bits per heavy atom. The first-order chi connectivity index (χ1) is 9.49. The molecule has 0 aliphatic rings. The molecule has 4 nitrogen and oxygen atoms in total. The van der Waals surface area contributed by atoms with Gasteiger partial charge in [0.1, 0.15) is 0 Å². The summed E-state index contributed by atoms with van der Waals surface area (Å²) in [5, 5.41) is 4.44. The van der Waals surface area contributed by atoms with Crippen molar-refractivity contribution in [2.75, 3.05) is 45.7 Å². The number of thiazole rings is 1. The second kappa shape index (κ2) is 8.60. The number of anilines is 1. The summed E-state index contributed by atoms with van der Waals surface area (Å²) in [6, 6.07) is 0. The van der Waals surface area contributed by atoms with Gasteiger partial charge in [0.15, 0.2) is 5.13 Å². The van der Waals surface area contributed by atoms with Crippen molar-refractivity contribution in [3.05, 3.63) is 10.6 Å². The van der Waals surface area contributed by atoms with Crippen molar-refractivity contribution in [1.29, 1.82) is 0 Å². The number of likely N-dealkylation sites (N-methyl/N-ethyl adjacent to an activating group) is 1. The van der Waals surface area contributed by atoms with E-state index in [9.17, 15) is 0 Å². The van der Waals surface area contributed by atoms with Crippen molar-refractivity contribution in [2.24, 2.45) is 0 Å². The molecule has 0 radical (unpaired) electrons. The molecule has 0 bridgehead atoms. The Kier molecular flexibility index (Phi) is 7.48. The molecule has 1 heterocycles. The van der Waals surface area contributed by atoms with Crippen LogP contribution in [0.25, 0.3) is 0 Å². The van der Waals surface area contributed by atoms with Crippen LogP contribution in [0.4, 0.5) is 5.13 Å². The number of nitrogens with one attached hydrogen (secondary N) is 1. The highest BCUT2D eigenvalue weighted by Gasteiger charge is 2.17. The molecule has 0 unspecified atom stereocenters. The molecule has 0 fully saturated rings. The van der Waals surface area contributed by atoms with Crippen LogP contribution in [0.2, 0.25) is 0 Å². The summed E-state index contributed by atoms with van der Waals surface area (Å²) in [7, 11) is 6.25. The molecule has 0 spiro atoms. The van der Waals surface area contributed by atoms with Crippen LogP contribution in [0.5, 0.6) is 0 Å². The van der Waals surface area contributed by atoms with E-state index in [-0.39, 0.29) is 0 Å². The predicted molar refractivity (Wildman–Crippen MR) is 90.0 cm³/mol. The molecular formula is C15H30N4S. The molecule has 0 amide bonds. The number of nitrogens with zero attached hydrogens (tertiary/aromatic N) is 3. The summed E-state index contributed by atoms with van der Waals surface area (Å²) in [6.45, 7) is 10.8. The van der Waals surface area contributed by atoms with Gasteiger partial charge in [0, 0.05) is 31.1 Å². The second-order valence-corrected chi connectivity index (χ2v) is 6.84. The first kappa shape index (κ1) is 17.4. The van der Waals surface area contributed by atoms with Crippen LogP contribution < -0.4 is 10.2 Å². The van der Waals surface area contributed by atoms with Gasteiger partial charge >= 0.3 is 0 Å². The normalized spacial score (nSPS) is 11.6. The Labute approximate surface area is 128 Å². The maximum Gasteiger partial charge on any atom is 0.185 e. The highest BCUT2D eigenvalue weighted by Crippen LogP contribution is 2.30. The molecule has 5 heteroatoms. The van der Waals surface area contributed by atoms with Crippen LogP contribution >= 0.6 is 11.3 Å². The summed E-state index contributed by atoms with van der Waals surface area (Å²) in [6.07, 6.45) is 1.16. The Hall–Kier alpha value is -0.650. The highest BCUT2D eigenvalue weighted by molar-refractivity contribution is 7.15. The van der Waals surface area contributed by atoms with Crippen LogP contribution in [0.15, 0.2) is 0 Å². The Morgan fingerprint density at radius 3 is 2.40 bits per heavy atom. The molecule has 116 valence electrons. The molecule has 1 N–H and O–H groups in total. The third kappa shape index (κ3) is 5.04. The number of hydrogen-bond acceptors (Lipinski definition) is 5. The lowest BCUT2D eigenvalue weighted by Crippen LogP contribution is -2.32. The Morgan fingerprint density at radius 2 is 1.90 bits per heavy atom. The van der Waals surface area contributed by atoms with Crippen LogP contribution in [0, 0.1) is 0 Å². The average Bonchev–Trinajstić information content (AvgIpc) is 2.78. The SMILES string of the molecule is CCCN(CCN(C)C)c1nc(C(C)C)c(CNC)s1. The van der Waals surface area contributed by atoms with E-state index in [1.165, 1.54) is 15.7 Å². The monoisotopic (exact) mass is 298 g/mol. The average molecular weight is 298 g/mol. The summed E-state index contributed by atoms with van der Waals surface area (Å²) >= 11 is 1.85. The molecule has 1 rings (SSSR count). The molecular weight excluding hydrogens is 268 g/mol. The maximum absolute atomic E-state index is 4.91. The standard InChI is InChI=1S/C15H30N4S/c1-7-8-19(10-9-18(5)6)15-17-14(12(2)3)13(20-15)11-16-4/h12,16H,7-11H2,1-6H3. The minimum atomic E-state index is 0.487. The lowest BCUT2D eigenvalue weighted by Gasteiger charge is -2.23. The topological polar surface area (TPSA) is 31.4 Å². The highest BCUT2D eigenvalue weighted by atomic mass is 32.1. The van der Waals surface area contributed by atoms with Gasteiger partial charge in [0.05, 0.1) is 5.69 Å². The van der Waals surface area contributed by atoms with Crippen LogP contribution in [0.3, 0.4) is 0 Å². The van der Waals surface area contributed by atoms with E-state index in [1.54, 1.807) is 0 Å². The Bertz CT molecular complexity index is 387. The lowest BCUT2D eigenvalue weighted by atomic mass is 10.1. The number of aromatic nitrogens is 1. The van der Waals surface area contributed by atoms with E-state index in [4.69, 9.17) is 4.98 Å². The molecule has 0 aromatic carbocycles. The van der Waals surface area contributed by atoms with Crippen molar-refractivity contribution in [3.8, 4) is 0 Å². The minimum Gasteiger partial charge on any atom is -0.347 e. The molecule has 0 saturated heterocycles. The van der Waals surface area contributed by atoms with Gasteiger partial charge in [-0.1, -0.05) is 20.8 Å². The first-order valence-corrected chi connectivity index (χ1v) is 8.35. The quantitative estimate of drug-likeness (QED) is 0.759. The third-order valence-electron chi connectivity index (χ3n) is 3.18. The number of rotatable bonds is 9. The van der Waals surface area contributed by atoms with Crippen LogP contribution in [-0.4, -0.2) is 50.7 Å². The van der Waals surface area contributed by atoms with Crippen LogP contribution in [-0.2, 0) is 6.54 Å². The maximum atomic E-state index is 4.91. The molecule has 0 aliphatic heterocycles. The van der Waals surface area contributed by atoms with E-state index in [2.05, 4.69) is 50.0 Å². The fourth-order valence-corrected chi connectivity index (χ4v) is 3.40. The fourth-order valence-electron chi connectivity index (χ4n) is 2.12. The summed E-state index contributed by atoms with van der Waals surface area (Å²) in [5.41, 5.74) is 1.25. The van der Waals surface area contributed by atoms with E-state index in [0.717, 1.165) is 32.6 Å². The summed E-state index contributed by atoms with van der Waals surface area (Å²) < 4.78 is 0. The molecule has 1 aromatic heterocycles. The van der Waals surface area contributed by atoms with Gasteiger partial charge in [-0.25, -0.2) is 4.98 Å². The van der Waals surface area contributed by atoms with Crippen molar-refractivity contribution < 1.29 is 0 Å².